The van der Waals surface area contributed by atoms with Gasteiger partial charge in [-0.15, -0.1) is 0 Å². The van der Waals surface area contributed by atoms with E-state index in [-0.39, 0.29) is 31.0 Å². The Kier molecular flexibility index (Phi) is 5.15. The fraction of sp³-hybridized carbons (Fsp3) is 0. The molecule has 0 aromatic rings. The Morgan fingerprint density at radius 1 is 1.50 bits per heavy atom. The molecule has 0 bridgehead atoms. The van der Waals surface area contributed by atoms with Gasteiger partial charge in [-0.2, -0.15) is 0 Å². The van der Waals surface area contributed by atoms with E-state index < -0.39 is 13.3 Å². The van der Waals surface area contributed by atoms with Crippen LogP contribution in [0.25, 0.3) is 0 Å². The third-order valence-corrected chi connectivity index (χ3v) is 0.748. The molecule has 0 fully saturated rings. The molecule has 0 saturated heterocycles. The molecule has 5 nitrogen and oxygen atoms in total. The summed E-state index contributed by atoms with van der Waals surface area (Å²) >= 11 is 0. The van der Waals surface area contributed by atoms with E-state index in [1.165, 1.54) is 0 Å². The van der Waals surface area contributed by atoms with E-state index >= 15 is 0 Å². The molecule has 0 aromatic carbocycles. The van der Waals surface area contributed by atoms with Crippen LogP contribution in [0.5, 0.6) is 0 Å². The van der Waals surface area contributed by atoms with Crippen molar-refractivity contribution in [1.29, 1.82) is 0 Å². The summed E-state index contributed by atoms with van der Waals surface area (Å²) < 4.78 is 9.43. The Hall–Kier alpha value is 0.620. The SMILES string of the molecule is O=C(O)P(=O)(O)O.[H-].[Na+]. The first-order valence-electron chi connectivity index (χ1n) is 1.23. The second-order valence-corrected chi connectivity index (χ2v) is 2.30. The van der Waals surface area contributed by atoms with Crippen LogP contribution in [-0.4, -0.2) is 20.6 Å². The Bertz CT molecular complexity index is 129. The number of hydrogen-bond acceptors (Lipinski definition) is 2. The van der Waals surface area contributed by atoms with Gasteiger partial charge in [0.05, 0.1) is 0 Å². The predicted octanol–water partition coefficient (Wildman–Crippen LogP) is -3.04. The van der Waals surface area contributed by atoms with Crippen molar-refractivity contribution in [3.8, 4) is 0 Å². The van der Waals surface area contributed by atoms with Crippen molar-refractivity contribution in [3.05, 3.63) is 0 Å². The summed E-state index contributed by atoms with van der Waals surface area (Å²) in [7, 11) is -4.82. The summed E-state index contributed by atoms with van der Waals surface area (Å²) in [6.45, 7) is 0. The average molecular weight is 150 g/mol. The molecule has 0 rings (SSSR count). The van der Waals surface area contributed by atoms with E-state index in [1.807, 2.05) is 0 Å². The smallest absolute Gasteiger partial charge is 1.00 e. The van der Waals surface area contributed by atoms with Crippen LogP contribution in [0, 0.1) is 0 Å². The summed E-state index contributed by atoms with van der Waals surface area (Å²) in [5.41, 5.74) is -2.09. The molecule has 44 valence electrons. The standard InChI is InChI=1S/CH3O5P.Na.H/c2-1(3)7(4,5)6;;/h(H,2,3)(H2,4,5,6);;/q;+1;-1. The van der Waals surface area contributed by atoms with Crippen LogP contribution in [0.4, 0.5) is 4.79 Å². The number of rotatable bonds is 1. The fourth-order valence-electron chi connectivity index (χ4n) is 0. The summed E-state index contributed by atoms with van der Waals surface area (Å²) in [5, 5.41) is 7.49. The van der Waals surface area contributed by atoms with Crippen LogP contribution in [0.15, 0.2) is 0 Å². The molecule has 0 heterocycles. The van der Waals surface area contributed by atoms with E-state index in [0.717, 1.165) is 0 Å². The van der Waals surface area contributed by atoms with Gasteiger partial charge in [0.1, 0.15) is 0 Å². The van der Waals surface area contributed by atoms with Gasteiger partial charge in [0.25, 0.3) is 0 Å². The van der Waals surface area contributed by atoms with Crippen LogP contribution in [0.3, 0.4) is 0 Å². The van der Waals surface area contributed by atoms with Crippen LogP contribution in [-0.2, 0) is 4.57 Å². The van der Waals surface area contributed by atoms with E-state index in [1.54, 1.807) is 0 Å². The Balaban J connectivity index is -0.000000180. The number of hydrogen-bond donors (Lipinski definition) is 3. The van der Waals surface area contributed by atoms with Crippen molar-refractivity contribution < 1.29 is 55.2 Å². The van der Waals surface area contributed by atoms with E-state index in [4.69, 9.17) is 14.9 Å². The van der Waals surface area contributed by atoms with E-state index in [0.29, 0.717) is 0 Å². The Morgan fingerprint density at radius 2 is 1.62 bits per heavy atom. The number of carboxylic acid groups (broad SMARTS) is 1. The third-order valence-electron chi connectivity index (χ3n) is 0.249. The monoisotopic (exact) mass is 150 g/mol. The molecular formula is CH4NaO5P. The zero-order valence-corrected chi connectivity index (χ0v) is 7.00. The molecule has 0 saturated carbocycles. The molecule has 0 aliphatic rings. The maximum absolute atomic E-state index is 9.43. The van der Waals surface area contributed by atoms with Crippen LogP contribution < -0.4 is 29.6 Å². The van der Waals surface area contributed by atoms with E-state index in [2.05, 4.69) is 0 Å². The molecule has 0 atom stereocenters. The topological polar surface area (TPSA) is 94.8 Å². The van der Waals surface area contributed by atoms with Gasteiger partial charge >= 0.3 is 42.9 Å². The molecule has 0 unspecified atom stereocenters. The second kappa shape index (κ2) is 3.61. The van der Waals surface area contributed by atoms with Crippen molar-refractivity contribution >= 4 is 13.3 Å². The van der Waals surface area contributed by atoms with Crippen molar-refractivity contribution in [2.75, 3.05) is 0 Å². The summed E-state index contributed by atoms with van der Waals surface area (Å²) in [6, 6.07) is 0. The predicted molar refractivity (Wildman–Crippen MR) is 21.2 cm³/mol. The molecule has 7 heteroatoms. The second-order valence-electron chi connectivity index (χ2n) is 0.827. The van der Waals surface area contributed by atoms with Gasteiger partial charge in [-0.3, -0.25) is 0 Å². The summed E-state index contributed by atoms with van der Waals surface area (Å²) in [4.78, 5) is 24.5. The minimum Gasteiger partial charge on any atom is -1.00 e. The van der Waals surface area contributed by atoms with Crippen LogP contribution in [0.1, 0.15) is 1.43 Å². The quantitative estimate of drug-likeness (QED) is 0.273. The first kappa shape index (κ1) is 11.4. The number of carbonyl (C=O) groups is 1. The van der Waals surface area contributed by atoms with Gasteiger partial charge in [0.2, 0.25) is 0 Å². The summed E-state index contributed by atoms with van der Waals surface area (Å²) in [5.74, 6) is 0. The molecule has 3 N–H and O–H groups in total. The van der Waals surface area contributed by atoms with Gasteiger partial charge in [-0.25, -0.2) is 9.36 Å². The maximum atomic E-state index is 9.43. The normalized spacial score (nSPS) is 9.75. The molecule has 0 spiro atoms. The first-order chi connectivity index (χ1) is 2.94. The van der Waals surface area contributed by atoms with Gasteiger partial charge < -0.3 is 16.3 Å². The molecule has 0 amide bonds. The van der Waals surface area contributed by atoms with Crippen molar-refractivity contribution in [2.45, 2.75) is 0 Å². The van der Waals surface area contributed by atoms with Gasteiger partial charge in [-0.1, -0.05) is 0 Å². The maximum Gasteiger partial charge on any atom is 1.00 e. The third kappa shape index (κ3) is 4.77. The largest absolute Gasteiger partial charge is 1.00 e. The molecule has 0 aromatic heterocycles. The molecule has 0 radical (unpaired) electrons. The average Bonchev–Trinajstić information content (AvgIpc) is 1.31. The van der Waals surface area contributed by atoms with Gasteiger partial charge in [0, 0.05) is 0 Å². The Morgan fingerprint density at radius 3 is 1.62 bits per heavy atom. The zero-order chi connectivity index (χ0) is 6.08. The van der Waals surface area contributed by atoms with Gasteiger partial charge in [-0.05, 0) is 0 Å². The van der Waals surface area contributed by atoms with Crippen molar-refractivity contribution in [3.63, 3.8) is 0 Å². The van der Waals surface area contributed by atoms with E-state index in [9.17, 15) is 9.36 Å². The zero-order valence-electron chi connectivity index (χ0n) is 5.11. The fourth-order valence-corrected chi connectivity index (χ4v) is 0. The minimum atomic E-state index is -4.82. The first-order valence-corrected chi connectivity index (χ1v) is 2.85. The van der Waals surface area contributed by atoms with Gasteiger partial charge in [0.15, 0.2) is 0 Å². The van der Waals surface area contributed by atoms with Crippen LogP contribution >= 0.6 is 7.60 Å². The molecule has 8 heavy (non-hydrogen) atoms. The molecular weight excluding hydrogens is 146 g/mol. The van der Waals surface area contributed by atoms with Crippen molar-refractivity contribution in [2.24, 2.45) is 0 Å². The molecule has 0 aliphatic carbocycles. The molecule has 0 aliphatic heterocycles. The van der Waals surface area contributed by atoms with Crippen molar-refractivity contribution in [1.82, 2.24) is 0 Å². The summed E-state index contributed by atoms with van der Waals surface area (Å²) in [6.07, 6.45) is 0. The minimum absolute atomic E-state index is 0. The Labute approximate surface area is 68.6 Å². The van der Waals surface area contributed by atoms with Crippen LogP contribution in [0.2, 0.25) is 0 Å².